The average molecular weight is 423 g/mol. The summed E-state index contributed by atoms with van der Waals surface area (Å²) < 4.78 is 1.33. The fourth-order valence-corrected chi connectivity index (χ4v) is 3.82. The number of H-pyrrole nitrogens is 1. The van der Waals surface area contributed by atoms with Crippen molar-refractivity contribution in [2.45, 2.75) is 19.0 Å². The summed E-state index contributed by atoms with van der Waals surface area (Å²) in [6, 6.07) is 24.4. The fraction of sp³-hybridized carbons (Fsp3) is 0.120. The van der Waals surface area contributed by atoms with Crippen molar-refractivity contribution in [2.75, 3.05) is 0 Å². The average Bonchev–Trinajstić information content (AvgIpc) is 3.26. The number of amides is 1. The van der Waals surface area contributed by atoms with E-state index in [9.17, 15) is 9.59 Å². The standard InChI is InChI=1S/C25H21N5O2/c31-23(15-30-16-26-19-11-5-4-10-18(19)25(30)32)27-22(14-17-8-2-1-3-9-17)24-28-20-12-6-7-13-21(20)29-24/h1-13,16,22H,14-15H2,(H,27,31)(H,28,29). The van der Waals surface area contributed by atoms with Gasteiger partial charge in [0.05, 0.1) is 34.3 Å². The van der Waals surface area contributed by atoms with Gasteiger partial charge in [0, 0.05) is 0 Å². The van der Waals surface area contributed by atoms with Crippen LogP contribution in [0.25, 0.3) is 21.9 Å². The summed E-state index contributed by atoms with van der Waals surface area (Å²) in [5.74, 6) is 0.387. The molecule has 7 heteroatoms. The molecule has 0 bridgehead atoms. The van der Waals surface area contributed by atoms with Crippen LogP contribution in [0.3, 0.4) is 0 Å². The van der Waals surface area contributed by atoms with E-state index in [1.807, 2.05) is 60.7 Å². The van der Waals surface area contributed by atoms with Crippen LogP contribution in [0, 0.1) is 0 Å². The molecule has 7 nitrogen and oxygen atoms in total. The van der Waals surface area contributed by atoms with Crippen LogP contribution < -0.4 is 10.9 Å². The Morgan fingerprint density at radius 3 is 2.47 bits per heavy atom. The Bertz CT molecular complexity index is 1420. The number of para-hydroxylation sites is 3. The molecule has 0 radical (unpaired) electrons. The smallest absolute Gasteiger partial charge is 0.261 e. The summed E-state index contributed by atoms with van der Waals surface area (Å²) in [5.41, 5.74) is 3.18. The molecule has 0 aliphatic rings. The van der Waals surface area contributed by atoms with Crippen molar-refractivity contribution >= 4 is 27.8 Å². The van der Waals surface area contributed by atoms with Crippen molar-refractivity contribution in [3.05, 3.63) is 107 Å². The zero-order valence-electron chi connectivity index (χ0n) is 17.2. The predicted octanol–water partition coefficient (Wildman–Crippen LogP) is 3.37. The second-order valence-electron chi connectivity index (χ2n) is 7.64. The first-order valence-corrected chi connectivity index (χ1v) is 10.4. The van der Waals surface area contributed by atoms with Crippen LogP contribution in [0.15, 0.2) is 90.0 Å². The minimum atomic E-state index is -0.374. The molecule has 5 rings (SSSR count). The Kier molecular flexibility index (Phi) is 5.21. The van der Waals surface area contributed by atoms with E-state index in [-0.39, 0.29) is 24.1 Å². The van der Waals surface area contributed by atoms with Crippen LogP contribution in [0.2, 0.25) is 0 Å². The van der Waals surface area contributed by atoms with E-state index in [0.29, 0.717) is 23.1 Å². The lowest BCUT2D eigenvalue weighted by molar-refractivity contribution is -0.122. The minimum absolute atomic E-state index is 0.123. The molecule has 0 saturated carbocycles. The third-order valence-electron chi connectivity index (χ3n) is 5.40. The zero-order chi connectivity index (χ0) is 21.9. The normalized spacial score (nSPS) is 12.1. The van der Waals surface area contributed by atoms with E-state index in [1.54, 1.807) is 18.2 Å². The van der Waals surface area contributed by atoms with Gasteiger partial charge in [-0.3, -0.25) is 14.2 Å². The quantitative estimate of drug-likeness (QED) is 0.438. The number of benzene rings is 3. The highest BCUT2D eigenvalue weighted by Crippen LogP contribution is 2.20. The number of carbonyl (C=O) groups is 1. The lowest BCUT2D eigenvalue weighted by Crippen LogP contribution is -2.36. The van der Waals surface area contributed by atoms with E-state index in [4.69, 9.17) is 0 Å². The Labute approximate surface area is 183 Å². The summed E-state index contributed by atoms with van der Waals surface area (Å²) in [6.45, 7) is -0.123. The van der Waals surface area contributed by atoms with Gasteiger partial charge in [0.2, 0.25) is 5.91 Å². The number of rotatable bonds is 6. The molecule has 0 fully saturated rings. The lowest BCUT2D eigenvalue weighted by Gasteiger charge is -2.17. The molecule has 0 aliphatic heterocycles. The molecule has 2 heterocycles. The summed E-state index contributed by atoms with van der Waals surface area (Å²) >= 11 is 0. The molecule has 2 N–H and O–H groups in total. The SMILES string of the molecule is O=C(Cn1cnc2ccccc2c1=O)NC(Cc1ccccc1)c1nc2ccccc2[nH]1. The molecule has 158 valence electrons. The fourth-order valence-electron chi connectivity index (χ4n) is 3.82. The maximum absolute atomic E-state index is 12.9. The third-order valence-corrected chi connectivity index (χ3v) is 5.40. The summed E-state index contributed by atoms with van der Waals surface area (Å²) in [5, 5.41) is 3.53. The van der Waals surface area contributed by atoms with Gasteiger partial charge in [0.1, 0.15) is 12.4 Å². The van der Waals surface area contributed by atoms with Crippen molar-refractivity contribution in [1.82, 2.24) is 24.8 Å². The Balaban J connectivity index is 1.42. The number of aromatic nitrogens is 4. The number of nitrogens with one attached hydrogen (secondary N) is 2. The van der Waals surface area contributed by atoms with Crippen LogP contribution in [0.4, 0.5) is 0 Å². The van der Waals surface area contributed by atoms with Gasteiger partial charge in [0.25, 0.3) is 5.56 Å². The molecule has 1 unspecified atom stereocenters. The number of carbonyl (C=O) groups excluding carboxylic acids is 1. The Morgan fingerprint density at radius 2 is 1.66 bits per heavy atom. The van der Waals surface area contributed by atoms with Crippen LogP contribution in [0.5, 0.6) is 0 Å². The molecular formula is C25H21N5O2. The van der Waals surface area contributed by atoms with Crippen molar-refractivity contribution in [2.24, 2.45) is 0 Å². The van der Waals surface area contributed by atoms with Crippen LogP contribution in [0.1, 0.15) is 17.4 Å². The van der Waals surface area contributed by atoms with Gasteiger partial charge in [-0.1, -0.05) is 54.6 Å². The van der Waals surface area contributed by atoms with Crippen molar-refractivity contribution in [3.8, 4) is 0 Å². The van der Waals surface area contributed by atoms with E-state index in [2.05, 4.69) is 20.3 Å². The number of hydrogen-bond acceptors (Lipinski definition) is 4. The first-order chi connectivity index (χ1) is 15.7. The van der Waals surface area contributed by atoms with Crippen LogP contribution >= 0.6 is 0 Å². The molecule has 0 saturated heterocycles. The highest BCUT2D eigenvalue weighted by atomic mass is 16.2. The molecule has 1 atom stereocenters. The second kappa shape index (κ2) is 8.47. The van der Waals surface area contributed by atoms with Gasteiger partial charge in [0.15, 0.2) is 0 Å². The summed E-state index contributed by atoms with van der Waals surface area (Å²) in [7, 11) is 0. The topological polar surface area (TPSA) is 92.7 Å². The van der Waals surface area contributed by atoms with Crippen molar-refractivity contribution in [1.29, 1.82) is 0 Å². The maximum atomic E-state index is 12.9. The molecule has 0 spiro atoms. The van der Waals surface area contributed by atoms with Gasteiger partial charge in [-0.05, 0) is 36.2 Å². The number of fused-ring (bicyclic) bond motifs is 2. The zero-order valence-corrected chi connectivity index (χ0v) is 17.2. The third kappa shape index (κ3) is 4.00. The molecule has 0 aliphatic carbocycles. The predicted molar refractivity (Wildman–Crippen MR) is 123 cm³/mol. The first kappa shape index (κ1) is 19.7. The van der Waals surface area contributed by atoms with Gasteiger partial charge < -0.3 is 10.3 Å². The molecular weight excluding hydrogens is 402 g/mol. The van der Waals surface area contributed by atoms with E-state index in [1.165, 1.54) is 10.9 Å². The van der Waals surface area contributed by atoms with Crippen LogP contribution in [-0.4, -0.2) is 25.4 Å². The highest BCUT2D eigenvalue weighted by molar-refractivity contribution is 5.79. The molecule has 2 aromatic heterocycles. The van der Waals surface area contributed by atoms with Crippen molar-refractivity contribution in [3.63, 3.8) is 0 Å². The molecule has 3 aromatic carbocycles. The van der Waals surface area contributed by atoms with Crippen molar-refractivity contribution < 1.29 is 4.79 Å². The van der Waals surface area contributed by atoms with E-state index in [0.717, 1.165) is 16.6 Å². The number of aromatic amines is 1. The lowest BCUT2D eigenvalue weighted by atomic mass is 10.1. The Hall–Kier alpha value is -4.26. The molecule has 32 heavy (non-hydrogen) atoms. The van der Waals surface area contributed by atoms with Crippen LogP contribution in [-0.2, 0) is 17.8 Å². The summed E-state index contributed by atoms with van der Waals surface area (Å²) in [6.07, 6.45) is 1.98. The number of nitrogens with zero attached hydrogens (tertiary/aromatic N) is 3. The minimum Gasteiger partial charge on any atom is -0.344 e. The molecule has 5 aromatic rings. The van der Waals surface area contributed by atoms with E-state index >= 15 is 0 Å². The number of hydrogen-bond donors (Lipinski definition) is 2. The monoisotopic (exact) mass is 423 g/mol. The Morgan fingerprint density at radius 1 is 0.938 bits per heavy atom. The van der Waals surface area contributed by atoms with Gasteiger partial charge in [-0.2, -0.15) is 0 Å². The molecule has 1 amide bonds. The van der Waals surface area contributed by atoms with Gasteiger partial charge in [-0.15, -0.1) is 0 Å². The second-order valence-corrected chi connectivity index (χ2v) is 7.64. The summed E-state index contributed by atoms with van der Waals surface area (Å²) in [4.78, 5) is 38.0. The van der Waals surface area contributed by atoms with E-state index < -0.39 is 0 Å². The highest BCUT2D eigenvalue weighted by Gasteiger charge is 2.20. The number of imidazole rings is 1. The van der Waals surface area contributed by atoms with Gasteiger partial charge in [-0.25, -0.2) is 9.97 Å². The largest absolute Gasteiger partial charge is 0.344 e. The van der Waals surface area contributed by atoms with Gasteiger partial charge >= 0.3 is 0 Å². The first-order valence-electron chi connectivity index (χ1n) is 10.4. The maximum Gasteiger partial charge on any atom is 0.261 e.